The molecule has 6 nitrogen and oxygen atoms in total. The number of nitrogens with zero attached hydrogens (tertiary/aromatic N) is 2. The monoisotopic (exact) mass is 325 g/mol. The van der Waals surface area contributed by atoms with Gasteiger partial charge in [-0.15, -0.1) is 10.2 Å². The zero-order valence-corrected chi connectivity index (χ0v) is 13.5. The van der Waals surface area contributed by atoms with Crippen LogP contribution in [0.3, 0.4) is 0 Å². The van der Waals surface area contributed by atoms with Crippen molar-refractivity contribution in [3.8, 4) is 5.75 Å². The van der Waals surface area contributed by atoms with Crippen molar-refractivity contribution in [2.24, 2.45) is 0 Å². The van der Waals surface area contributed by atoms with Crippen LogP contribution in [0.25, 0.3) is 0 Å². The van der Waals surface area contributed by atoms with Crippen molar-refractivity contribution < 1.29 is 14.3 Å². The first-order valence-corrected chi connectivity index (χ1v) is 7.81. The Morgan fingerprint density at radius 1 is 1.33 bits per heavy atom. The largest absolute Gasteiger partial charge is 0.495 e. The number of benzene rings is 1. The Labute approximate surface area is 130 Å². The molecular weight excluding hydrogens is 310 g/mol. The van der Waals surface area contributed by atoms with E-state index in [1.807, 2.05) is 24.3 Å². The summed E-state index contributed by atoms with van der Waals surface area (Å²) in [6.07, 6.45) is 0. The number of esters is 1. The van der Waals surface area contributed by atoms with Crippen molar-refractivity contribution in [1.82, 2.24) is 10.2 Å². The standard InChI is InChI=1S/C13H15N3O3S2/c1-8(11(17)19-3)20-13-16-15-12(21-13)14-9-6-4-5-7-10(9)18-2/h4-8H,1-3H3,(H,14,15)/t8-/m1/s1. The molecule has 0 aliphatic rings. The van der Waals surface area contributed by atoms with Crippen LogP contribution >= 0.6 is 23.1 Å². The molecule has 21 heavy (non-hydrogen) atoms. The zero-order valence-electron chi connectivity index (χ0n) is 11.8. The van der Waals surface area contributed by atoms with E-state index in [2.05, 4.69) is 20.3 Å². The fraction of sp³-hybridized carbons (Fsp3) is 0.308. The minimum atomic E-state index is -0.318. The molecular formula is C13H15N3O3S2. The quantitative estimate of drug-likeness (QED) is 0.646. The highest BCUT2D eigenvalue weighted by Gasteiger charge is 2.17. The van der Waals surface area contributed by atoms with E-state index in [1.165, 1.54) is 30.2 Å². The van der Waals surface area contributed by atoms with Crippen LogP contribution in [0.1, 0.15) is 6.92 Å². The molecule has 1 N–H and O–H groups in total. The molecule has 0 spiro atoms. The smallest absolute Gasteiger partial charge is 0.318 e. The molecule has 0 radical (unpaired) electrons. The molecule has 0 fully saturated rings. The van der Waals surface area contributed by atoms with Gasteiger partial charge in [0.05, 0.1) is 19.9 Å². The van der Waals surface area contributed by atoms with Crippen LogP contribution in [0.5, 0.6) is 5.75 Å². The Bertz CT molecular complexity index is 618. The van der Waals surface area contributed by atoms with E-state index in [1.54, 1.807) is 14.0 Å². The maximum absolute atomic E-state index is 11.4. The van der Waals surface area contributed by atoms with E-state index in [0.717, 1.165) is 11.4 Å². The molecule has 0 aliphatic heterocycles. The van der Waals surface area contributed by atoms with Gasteiger partial charge in [-0.2, -0.15) is 0 Å². The van der Waals surface area contributed by atoms with Gasteiger partial charge in [-0.1, -0.05) is 35.2 Å². The number of hydrogen-bond donors (Lipinski definition) is 1. The first-order chi connectivity index (χ1) is 10.1. The summed E-state index contributed by atoms with van der Waals surface area (Å²) in [5.41, 5.74) is 0.814. The molecule has 2 aromatic rings. The number of rotatable bonds is 6. The lowest BCUT2D eigenvalue weighted by atomic mass is 10.3. The van der Waals surface area contributed by atoms with Gasteiger partial charge in [0.1, 0.15) is 11.0 Å². The van der Waals surface area contributed by atoms with Crippen molar-refractivity contribution >= 4 is 39.9 Å². The summed E-state index contributed by atoms with van der Waals surface area (Å²) in [6, 6.07) is 7.55. The number of anilines is 2. The van der Waals surface area contributed by atoms with Crippen LogP contribution in [0.4, 0.5) is 10.8 Å². The lowest BCUT2D eigenvalue weighted by Crippen LogP contribution is -2.14. The summed E-state index contributed by atoms with van der Waals surface area (Å²) in [6.45, 7) is 1.77. The lowest BCUT2D eigenvalue weighted by Gasteiger charge is -2.07. The Morgan fingerprint density at radius 3 is 2.81 bits per heavy atom. The highest BCUT2D eigenvalue weighted by atomic mass is 32.2. The molecule has 0 saturated carbocycles. The number of methoxy groups -OCH3 is 2. The van der Waals surface area contributed by atoms with Crippen molar-refractivity contribution in [3.05, 3.63) is 24.3 Å². The SMILES string of the molecule is COC(=O)[C@@H](C)Sc1nnc(Nc2ccccc2OC)s1. The zero-order chi connectivity index (χ0) is 15.2. The average molecular weight is 325 g/mol. The molecule has 0 saturated heterocycles. The molecule has 1 aromatic carbocycles. The van der Waals surface area contributed by atoms with Crippen LogP contribution in [0, 0.1) is 0 Å². The van der Waals surface area contributed by atoms with Gasteiger partial charge < -0.3 is 14.8 Å². The topological polar surface area (TPSA) is 73.3 Å². The summed E-state index contributed by atoms with van der Waals surface area (Å²) in [7, 11) is 2.98. The number of aromatic nitrogens is 2. The molecule has 0 aliphatic carbocycles. The second kappa shape index (κ2) is 7.28. The third kappa shape index (κ3) is 4.08. The number of carbonyl (C=O) groups excluding carboxylic acids is 1. The minimum absolute atomic E-state index is 0.283. The summed E-state index contributed by atoms with van der Waals surface area (Å²) < 4.78 is 10.6. The van der Waals surface area contributed by atoms with Gasteiger partial charge in [-0.25, -0.2) is 0 Å². The van der Waals surface area contributed by atoms with E-state index in [0.29, 0.717) is 9.47 Å². The number of thioether (sulfide) groups is 1. The Balaban J connectivity index is 2.05. The molecule has 0 amide bonds. The van der Waals surface area contributed by atoms with Crippen LogP contribution in [-0.2, 0) is 9.53 Å². The Morgan fingerprint density at radius 2 is 2.10 bits per heavy atom. The Kier molecular flexibility index (Phi) is 5.40. The predicted molar refractivity (Wildman–Crippen MR) is 83.5 cm³/mol. The van der Waals surface area contributed by atoms with E-state index >= 15 is 0 Å². The van der Waals surface area contributed by atoms with E-state index in [9.17, 15) is 4.79 Å². The van der Waals surface area contributed by atoms with Crippen molar-refractivity contribution in [3.63, 3.8) is 0 Å². The van der Waals surface area contributed by atoms with Crippen molar-refractivity contribution in [2.45, 2.75) is 16.5 Å². The number of carbonyl (C=O) groups is 1. The minimum Gasteiger partial charge on any atom is -0.495 e. The molecule has 0 bridgehead atoms. The van der Waals surface area contributed by atoms with Crippen LogP contribution in [0.2, 0.25) is 0 Å². The lowest BCUT2D eigenvalue weighted by molar-refractivity contribution is -0.139. The molecule has 1 heterocycles. The fourth-order valence-corrected chi connectivity index (χ4v) is 3.47. The van der Waals surface area contributed by atoms with Gasteiger partial charge in [0.2, 0.25) is 5.13 Å². The molecule has 112 valence electrons. The van der Waals surface area contributed by atoms with Crippen LogP contribution in [0.15, 0.2) is 28.6 Å². The number of ether oxygens (including phenoxy) is 2. The summed E-state index contributed by atoms with van der Waals surface area (Å²) in [4.78, 5) is 11.4. The molecule has 0 unspecified atom stereocenters. The highest BCUT2D eigenvalue weighted by molar-refractivity contribution is 8.02. The van der Waals surface area contributed by atoms with Crippen molar-refractivity contribution in [1.29, 1.82) is 0 Å². The molecule has 2 rings (SSSR count). The maximum Gasteiger partial charge on any atom is 0.318 e. The predicted octanol–water partition coefficient (Wildman–Crippen LogP) is 2.94. The first-order valence-electron chi connectivity index (χ1n) is 6.12. The normalized spacial score (nSPS) is 11.8. The third-order valence-corrected chi connectivity index (χ3v) is 4.57. The second-order valence-corrected chi connectivity index (χ2v) is 6.55. The first kappa shape index (κ1) is 15.6. The van der Waals surface area contributed by atoms with E-state index in [-0.39, 0.29) is 11.2 Å². The number of nitrogens with one attached hydrogen (secondary N) is 1. The van der Waals surface area contributed by atoms with Gasteiger partial charge in [0.25, 0.3) is 0 Å². The van der Waals surface area contributed by atoms with Gasteiger partial charge >= 0.3 is 5.97 Å². The van der Waals surface area contributed by atoms with Gasteiger partial charge in [0, 0.05) is 0 Å². The second-order valence-electron chi connectivity index (χ2n) is 3.98. The average Bonchev–Trinajstić information content (AvgIpc) is 2.94. The van der Waals surface area contributed by atoms with Gasteiger partial charge in [0.15, 0.2) is 4.34 Å². The van der Waals surface area contributed by atoms with Gasteiger partial charge in [-0.3, -0.25) is 4.79 Å². The molecule has 8 heteroatoms. The summed E-state index contributed by atoms with van der Waals surface area (Å²) in [5.74, 6) is 0.444. The van der Waals surface area contributed by atoms with Crippen LogP contribution < -0.4 is 10.1 Å². The molecule has 1 aromatic heterocycles. The third-order valence-electron chi connectivity index (χ3n) is 2.57. The van der Waals surface area contributed by atoms with Crippen LogP contribution in [-0.4, -0.2) is 35.6 Å². The van der Waals surface area contributed by atoms with E-state index in [4.69, 9.17) is 4.74 Å². The Hall–Kier alpha value is -1.80. The fourth-order valence-electron chi connectivity index (χ4n) is 1.54. The number of para-hydroxylation sites is 2. The maximum atomic E-state index is 11.4. The van der Waals surface area contributed by atoms with Gasteiger partial charge in [-0.05, 0) is 19.1 Å². The number of hydrogen-bond acceptors (Lipinski definition) is 8. The summed E-state index contributed by atoms with van der Waals surface area (Å²) in [5, 5.41) is 11.6. The molecule has 1 atom stereocenters. The summed E-state index contributed by atoms with van der Waals surface area (Å²) >= 11 is 2.69. The highest BCUT2D eigenvalue weighted by Crippen LogP contribution is 2.33. The van der Waals surface area contributed by atoms with Crippen molar-refractivity contribution in [2.75, 3.05) is 19.5 Å². The van der Waals surface area contributed by atoms with E-state index < -0.39 is 0 Å².